The molecule has 3 nitrogen and oxygen atoms in total. The molecule has 0 aliphatic rings. The van der Waals surface area contributed by atoms with Gasteiger partial charge in [-0.1, -0.05) is 65.5 Å². The van der Waals surface area contributed by atoms with Gasteiger partial charge in [-0.2, -0.15) is 0 Å². The lowest BCUT2D eigenvalue weighted by Crippen LogP contribution is -2.38. The highest BCUT2D eigenvalue weighted by atomic mass is 16.6. The van der Waals surface area contributed by atoms with Crippen LogP contribution in [0.25, 0.3) is 0 Å². The van der Waals surface area contributed by atoms with Crippen molar-refractivity contribution in [3.05, 3.63) is 58.6 Å². The van der Waals surface area contributed by atoms with E-state index in [2.05, 4.69) is 40.3 Å². The van der Waals surface area contributed by atoms with Crippen molar-refractivity contribution in [2.45, 2.75) is 53.4 Å². The molecule has 0 fully saturated rings. The van der Waals surface area contributed by atoms with Gasteiger partial charge in [0.05, 0.1) is 0 Å². The minimum Gasteiger partial charge on any atom is -0.396 e. The summed E-state index contributed by atoms with van der Waals surface area (Å²) in [6, 6.07) is 0. The van der Waals surface area contributed by atoms with Gasteiger partial charge in [0.25, 0.3) is 0 Å². The predicted molar refractivity (Wildman–Crippen MR) is 86.5 cm³/mol. The van der Waals surface area contributed by atoms with E-state index in [-0.39, 0.29) is 5.41 Å². The fourth-order valence-corrected chi connectivity index (χ4v) is 2.44. The zero-order valence-corrected chi connectivity index (χ0v) is 13.9. The van der Waals surface area contributed by atoms with Crippen LogP contribution < -0.4 is 5.82 Å². The molecule has 1 aromatic heterocycles. The van der Waals surface area contributed by atoms with Crippen LogP contribution >= 0.6 is 0 Å². The molecule has 0 radical (unpaired) electrons. The molecule has 0 aliphatic heterocycles. The first-order valence-electron chi connectivity index (χ1n) is 7.31. The van der Waals surface area contributed by atoms with E-state index in [0.717, 1.165) is 5.57 Å². The largest absolute Gasteiger partial charge is 0.519 e. The molecule has 0 atom stereocenters. The van der Waals surface area contributed by atoms with E-state index in [1.807, 2.05) is 26.0 Å². The summed E-state index contributed by atoms with van der Waals surface area (Å²) < 4.78 is 10.5. The first-order valence-corrected chi connectivity index (χ1v) is 7.31. The monoisotopic (exact) mass is 290 g/mol. The fourth-order valence-electron chi connectivity index (χ4n) is 2.44. The molecule has 0 bridgehead atoms. The van der Waals surface area contributed by atoms with Crippen molar-refractivity contribution in [1.82, 2.24) is 0 Å². The highest BCUT2D eigenvalue weighted by Crippen LogP contribution is 2.47. The number of allylic oxidation sites excluding steroid dienone is 5. The molecule has 0 saturated carbocycles. The van der Waals surface area contributed by atoms with E-state index in [4.69, 9.17) is 8.83 Å². The number of aryl methyl sites for hydroxylation is 1. The molecule has 21 heavy (non-hydrogen) atoms. The topological polar surface area (TPSA) is 43.4 Å². The molecule has 1 aromatic rings. The van der Waals surface area contributed by atoms with Gasteiger partial charge < -0.3 is 8.83 Å². The average Bonchev–Trinajstić information content (AvgIpc) is 2.80. The third-order valence-corrected chi connectivity index (χ3v) is 4.46. The Morgan fingerprint density at radius 2 is 1.86 bits per heavy atom. The van der Waals surface area contributed by atoms with Crippen molar-refractivity contribution in [3.63, 3.8) is 0 Å². The lowest BCUT2D eigenvalue weighted by molar-refractivity contribution is 0.207. The molecule has 0 spiro atoms. The van der Waals surface area contributed by atoms with Crippen LogP contribution in [0.2, 0.25) is 0 Å². The van der Waals surface area contributed by atoms with E-state index < -0.39 is 11.2 Å². The molecule has 0 unspecified atom stereocenters. The van der Waals surface area contributed by atoms with Crippen LogP contribution in [0.15, 0.2) is 50.1 Å². The first-order chi connectivity index (χ1) is 9.72. The van der Waals surface area contributed by atoms with Gasteiger partial charge in [0, 0.05) is 17.3 Å². The summed E-state index contributed by atoms with van der Waals surface area (Å²) >= 11 is 0. The average molecular weight is 290 g/mol. The van der Waals surface area contributed by atoms with E-state index in [0.29, 0.717) is 17.9 Å². The fraction of sp³-hybridized carbons (Fsp3) is 0.500. The van der Waals surface area contributed by atoms with E-state index in [1.54, 1.807) is 6.08 Å². The van der Waals surface area contributed by atoms with Crippen LogP contribution in [-0.4, -0.2) is 0 Å². The lowest BCUT2D eigenvalue weighted by Gasteiger charge is -2.41. The van der Waals surface area contributed by atoms with Crippen LogP contribution in [0.1, 0.15) is 53.1 Å². The highest BCUT2D eigenvalue weighted by Gasteiger charge is 2.44. The normalized spacial score (nSPS) is 13.9. The summed E-state index contributed by atoms with van der Waals surface area (Å²) in [5.74, 6) is 0.613. The molecule has 1 heterocycles. The Labute approximate surface area is 127 Å². The highest BCUT2D eigenvalue weighted by molar-refractivity contribution is 5.35. The minimum atomic E-state index is -0.633. The van der Waals surface area contributed by atoms with Gasteiger partial charge in [-0.15, -0.1) is 0 Å². The zero-order chi connectivity index (χ0) is 16.3. The molecule has 0 aromatic carbocycles. The molecule has 116 valence electrons. The maximum absolute atomic E-state index is 11.5. The van der Waals surface area contributed by atoms with Crippen molar-refractivity contribution in [2.75, 3.05) is 0 Å². The van der Waals surface area contributed by atoms with Gasteiger partial charge in [0.1, 0.15) is 5.76 Å². The summed E-state index contributed by atoms with van der Waals surface area (Å²) in [5, 5.41) is 0. The maximum atomic E-state index is 11.5. The Balaban J connectivity index is 3.48. The van der Waals surface area contributed by atoms with Gasteiger partial charge in [-0.3, -0.25) is 0 Å². The summed E-state index contributed by atoms with van der Waals surface area (Å²) in [7, 11) is 0. The van der Waals surface area contributed by atoms with Crippen LogP contribution in [0.5, 0.6) is 0 Å². The standard InChI is InChI=1S/C18H26O3/c1-8-11-13(12-9-2)17(4,5)18(6,7)15-14(10-3)20-16(19)21-15/h8-9,11-12H,1,10H2,2-7H3/b12-9-,13-11+. The van der Waals surface area contributed by atoms with Crippen molar-refractivity contribution in [1.29, 1.82) is 0 Å². The van der Waals surface area contributed by atoms with Crippen molar-refractivity contribution >= 4 is 0 Å². The Morgan fingerprint density at radius 3 is 2.33 bits per heavy atom. The second-order valence-electron chi connectivity index (χ2n) is 6.17. The number of rotatable bonds is 6. The smallest absolute Gasteiger partial charge is 0.396 e. The predicted octanol–water partition coefficient (Wildman–Crippen LogP) is 4.79. The van der Waals surface area contributed by atoms with Crippen LogP contribution in [-0.2, 0) is 11.8 Å². The zero-order valence-electron chi connectivity index (χ0n) is 13.9. The lowest BCUT2D eigenvalue weighted by atomic mass is 9.62. The van der Waals surface area contributed by atoms with Gasteiger partial charge in [-0.05, 0) is 12.5 Å². The third-order valence-electron chi connectivity index (χ3n) is 4.46. The number of hydrogen-bond acceptors (Lipinski definition) is 3. The first kappa shape index (κ1) is 17.3. The SMILES string of the molecule is C=C/C=C(\C=C/C)C(C)(C)C(C)(C)c1oc(=O)oc1CC. The molecule has 0 aliphatic carbocycles. The van der Waals surface area contributed by atoms with Crippen molar-refractivity contribution < 1.29 is 8.83 Å². The van der Waals surface area contributed by atoms with Gasteiger partial charge >= 0.3 is 5.82 Å². The minimum absolute atomic E-state index is 0.266. The van der Waals surface area contributed by atoms with Crippen LogP contribution in [0, 0.1) is 5.41 Å². The van der Waals surface area contributed by atoms with Crippen molar-refractivity contribution in [2.24, 2.45) is 5.41 Å². The summed E-state index contributed by atoms with van der Waals surface area (Å²) in [5.41, 5.74) is 0.451. The van der Waals surface area contributed by atoms with E-state index in [9.17, 15) is 4.79 Å². The Hall–Kier alpha value is -1.77. The Bertz CT molecular complexity index is 607. The molecule has 1 rings (SSSR count). The van der Waals surface area contributed by atoms with Gasteiger partial charge in [0.2, 0.25) is 0 Å². The summed E-state index contributed by atoms with van der Waals surface area (Å²) in [4.78, 5) is 11.5. The van der Waals surface area contributed by atoms with Crippen LogP contribution in [0.4, 0.5) is 0 Å². The van der Waals surface area contributed by atoms with E-state index in [1.165, 1.54) is 0 Å². The molecular weight excluding hydrogens is 264 g/mol. The number of hydrogen-bond donors (Lipinski definition) is 0. The molecular formula is C18H26O3. The second-order valence-corrected chi connectivity index (χ2v) is 6.17. The third kappa shape index (κ3) is 3.12. The van der Waals surface area contributed by atoms with Gasteiger partial charge in [0.15, 0.2) is 5.76 Å². The summed E-state index contributed by atoms with van der Waals surface area (Å²) in [6.07, 6.45) is 8.46. The Kier molecular flexibility index (Phi) is 5.21. The quantitative estimate of drug-likeness (QED) is 0.708. The molecule has 0 amide bonds. The second kappa shape index (κ2) is 6.33. The molecule has 0 N–H and O–H groups in total. The van der Waals surface area contributed by atoms with Crippen molar-refractivity contribution in [3.8, 4) is 0 Å². The Morgan fingerprint density at radius 1 is 1.24 bits per heavy atom. The molecule has 3 heteroatoms. The maximum Gasteiger partial charge on any atom is 0.519 e. The van der Waals surface area contributed by atoms with E-state index >= 15 is 0 Å². The summed E-state index contributed by atoms with van der Waals surface area (Å²) in [6.45, 7) is 16.1. The molecule has 0 saturated heterocycles. The van der Waals surface area contributed by atoms with Gasteiger partial charge in [-0.25, -0.2) is 4.79 Å². The van der Waals surface area contributed by atoms with Crippen LogP contribution in [0.3, 0.4) is 0 Å².